The minimum absolute atomic E-state index is 0.143. The van der Waals surface area contributed by atoms with Gasteiger partial charge in [-0.25, -0.2) is 4.98 Å². The lowest BCUT2D eigenvalue weighted by Gasteiger charge is -1.90. The zero-order chi connectivity index (χ0) is 9.26. The number of thiazole rings is 1. The van der Waals surface area contributed by atoms with Crippen LogP contribution in [0.1, 0.15) is 12.1 Å². The Morgan fingerprint density at radius 3 is 3.31 bits per heavy atom. The molecule has 2 rings (SSSR count). The van der Waals surface area contributed by atoms with E-state index in [1.54, 1.807) is 17.7 Å². The predicted molar refractivity (Wildman–Crippen MR) is 49.0 cm³/mol. The molecule has 68 valence electrons. The van der Waals surface area contributed by atoms with Gasteiger partial charge in [-0.3, -0.25) is 9.20 Å². The van der Waals surface area contributed by atoms with E-state index in [-0.39, 0.29) is 6.42 Å². The molecule has 0 radical (unpaired) electrons. The Morgan fingerprint density at radius 2 is 2.54 bits per heavy atom. The zero-order valence-electron chi connectivity index (χ0n) is 6.80. The molecular weight excluding hydrogens is 188 g/mol. The molecule has 0 atom stereocenters. The summed E-state index contributed by atoms with van der Waals surface area (Å²) in [6.07, 6.45) is 4.28. The van der Waals surface area contributed by atoms with E-state index in [2.05, 4.69) is 4.98 Å². The van der Waals surface area contributed by atoms with Crippen LogP contribution in [0.4, 0.5) is 0 Å². The molecule has 2 aromatic heterocycles. The van der Waals surface area contributed by atoms with Crippen molar-refractivity contribution in [3.63, 3.8) is 0 Å². The lowest BCUT2D eigenvalue weighted by molar-refractivity contribution is -0.136. The molecular formula is C8H8N2O2S. The highest BCUT2D eigenvalue weighted by atomic mass is 32.1. The third-order valence-corrected chi connectivity index (χ3v) is 2.72. The molecule has 0 bridgehead atoms. The quantitative estimate of drug-likeness (QED) is 0.807. The number of aromatic nitrogens is 2. The Bertz CT molecular complexity index is 432. The molecule has 0 aromatic carbocycles. The average Bonchev–Trinajstić information content (AvgIpc) is 2.60. The molecule has 4 nitrogen and oxygen atoms in total. The van der Waals surface area contributed by atoms with Crippen LogP contribution in [0.5, 0.6) is 0 Å². The maximum absolute atomic E-state index is 10.3. The molecule has 0 saturated carbocycles. The Balaban J connectivity index is 2.23. The number of aryl methyl sites for hydroxylation is 1. The first-order chi connectivity index (χ1) is 6.27. The summed E-state index contributed by atoms with van der Waals surface area (Å²) in [6.45, 7) is 0. The van der Waals surface area contributed by atoms with E-state index in [0.717, 1.165) is 10.5 Å². The van der Waals surface area contributed by atoms with Crippen molar-refractivity contribution < 1.29 is 9.90 Å². The van der Waals surface area contributed by atoms with Crippen LogP contribution in [0.25, 0.3) is 4.83 Å². The van der Waals surface area contributed by atoms with Crippen molar-refractivity contribution in [2.45, 2.75) is 12.8 Å². The minimum Gasteiger partial charge on any atom is -0.481 e. The number of carbonyl (C=O) groups is 1. The van der Waals surface area contributed by atoms with Crippen LogP contribution in [-0.4, -0.2) is 20.5 Å². The van der Waals surface area contributed by atoms with Crippen molar-refractivity contribution in [1.29, 1.82) is 0 Å². The van der Waals surface area contributed by atoms with Gasteiger partial charge in [0.25, 0.3) is 0 Å². The molecule has 0 aliphatic carbocycles. The van der Waals surface area contributed by atoms with Gasteiger partial charge in [0.15, 0.2) is 0 Å². The molecule has 0 fully saturated rings. The van der Waals surface area contributed by atoms with Gasteiger partial charge < -0.3 is 5.11 Å². The second-order valence-corrected chi connectivity index (χ2v) is 3.59. The van der Waals surface area contributed by atoms with Gasteiger partial charge in [0, 0.05) is 18.0 Å². The van der Waals surface area contributed by atoms with Gasteiger partial charge in [0.05, 0.1) is 12.1 Å². The van der Waals surface area contributed by atoms with Gasteiger partial charge in [-0.1, -0.05) is 0 Å². The van der Waals surface area contributed by atoms with E-state index < -0.39 is 5.97 Å². The molecule has 1 N–H and O–H groups in total. The summed E-state index contributed by atoms with van der Waals surface area (Å²) >= 11 is 1.58. The highest BCUT2D eigenvalue weighted by Gasteiger charge is 2.06. The molecule has 5 heteroatoms. The minimum atomic E-state index is -0.780. The molecule has 0 amide bonds. The summed E-state index contributed by atoms with van der Waals surface area (Å²) < 4.78 is 1.90. The van der Waals surface area contributed by atoms with Crippen LogP contribution in [-0.2, 0) is 11.2 Å². The fraction of sp³-hybridized carbons (Fsp3) is 0.250. The Kier molecular flexibility index (Phi) is 2.02. The first-order valence-electron chi connectivity index (χ1n) is 3.88. The number of aliphatic carboxylic acids is 1. The lowest BCUT2D eigenvalue weighted by atomic mass is 10.2. The van der Waals surface area contributed by atoms with Crippen LogP contribution in [0.15, 0.2) is 17.9 Å². The van der Waals surface area contributed by atoms with Crippen molar-refractivity contribution in [2.24, 2.45) is 0 Å². The van der Waals surface area contributed by atoms with E-state index in [0.29, 0.717) is 6.42 Å². The van der Waals surface area contributed by atoms with E-state index in [1.807, 2.05) is 16.0 Å². The SMILES string of the molecule is O=C(O)CCc1ncn2ccsc12. The summed E-state index contributed by atoms with van der Waals surface area (Å²) in [5, 5.41) is 10.5. The lowest BCUT2D eigenvalue weighted by Crippen LogP contribution is -1.97. The van der Waals surface area contributed by atoms with Gasteiger partial charge in [-0.15, -0.1) is 11.3 Å². The van der Waals surface area contributed by atoms with Crippen LogP contribution in [0.3, 0.4) is 0 Å². The van der Waals surface area contributed by atoms with Gasteiger partial charge in [0.2, 0.25) is 0 Å². The van der Waals surface area contributed by atoms with E-state index in [4.69, 9.17) is 5.11 Å². The second-order valence-electron chi connectivity index (χ2n) is 2.70. The smallest absolute Gasteiger partial charge is 0.303 e. The standard InChI is InChI=1S/C8H8N2O2S/c11-7(12)2-1-6-8-10(5-9-6)3-4-13-8/h3-5H,1-2H2,(H,11,12). The number of rotatable bonds is 3. The second kappa shape index (κ2) is 3.18. The maximum atomic E-state index is 10.3. The first kappa shape index (κ1) is 8.25. The molecule has 2 aromatic rings. The highest BCUT2D eigenvalue weighted by molar-refractivity contribution is 7.15. The third-order valence-electron chi connectivity index (χ3n) is 1.80. The number of hydrogen-bond donors (Lipinski definition) is 1. The van der Waals surface area contributed by atoms with E-state index in [1.165, 1.54) is 0 Å². The summed E-state index contributed by atoms with van der Waals surface area (Å²) in [7, 11) is 0. The van der Waals surface area contributed by atoms with Crippen molar-refractivity contribution in [3.8, 4) is 0 Å². The Labute approximate surface area is 78.5 Å². The summed E-state index contributed by atoms with van der Waals surface area (Å²) in [4.78, 5) is 15.5. The molecule has 0 saturated heterocycles. The molecule has 2 heterocycles. The topological polar surface area (TPSA) is 54.6 Å². The number of fused-ring (bicyclic) bond motifs is 1. The van der Waals surface area contributed by atoms with Crippen molar-refractivity contribution >= 4 is 22.1 Å². The van der Waals surface area contributed by atoms with Crippen molar-refractivity contribution in [2.75, 3.05) is 0 Å². The maximum Gasteiger partial charge on any atom is 0.303 e. The van der Waals surface area contributed by atoms with Gasteiger partial charge in [-0.05, 0) is 0 Å². The van der Waals surface area contributed by atoms with Crippen molar-refractivity contribution in [1.82, 2.24) is 9.38 Å². The van der Waals surface area contributed by atoms with E-state index >= 15 is 0 Å². The average molecular weight is 196 g/mol. The Hall–Kier alpha value is -1.36. The molecule has 0 aliphatic rings. The first-order valence-corrected chi connectivity index (χ1v) is 4.76. The van der Waals surface area contributed by atoms with Crippen LogP contribution >= 0.6 is 11.3 Å². The number of carboxylic acids is 1. The molecule has 0 aliphatic heterocycles. The van der Waals surface area contributed by atoms with Gasteiger partial charge in [-0.2, -0.15) is 0 Å². The van der Waals surface area contributed by atoms with Crippen LogP contribution in [0, 0.1) is 0 Å². The normalized spacial score (nSPS) is 10.8. The van der Waals surface area contributed by atoms with Crippen LogP contribution < -0.4 is 0 Å². The molecule has 0 unspecified atom stereocenters. The molecule has 13 heavy (non-hydrogen) atoms. The predicted octanol–water partition coefficient (Wildman–Crippen LogP) is 1.41. The monoisotopic (exact) mass is 196 g/mol. The number of hydrogen-bond acceptors (Lipinski definition) is 3. The fourth-order valence-electron chi connectivity index (χ4n) is 1.18. The summed E-state index contributed by atoms with van der Waals surface area (Å²) in [5.41, 5.74) is 0.873. The summed E-state index contributed by atoms with van der Waals surface area (Å²) in [5.74, 6) is -0.780. The summed E-state index contributed by atoms with van der Waals surface area (Å²) in [6, 6.07) is 0. The number of imidazole rings is 1. The number of carboxylic acid groups (broad SMARTS) is 1. The highest BCUT2D eigenvalue weighted by Crippen LogP contribution is 2.16. The number of nitrogens with zero attached hydrogens (tertiary/aromatic N) is 2. The van der Waals surface area contributed by atoms with E-state index in [9.17, 15) is 4.79 Å². The molecule has 0 spiro atoms. The van der Waals surface area contributed by atoms with Gasteiger partial charge in [0.1, 0.15) is 11.2 Å². The van der Waals surface area contributed by atoms with Crippen molar-refractivity contribution in [3.05, 3.63) is 23.6 Å². The third kappa shape index (κ3) is 1.55. The fourth-order valence-corrected chi connectivity index (χ4v) is 2.02. The largest absolute Gasteiger partial charge is 0.481 e. The Morgan fingerprint density at radius 1 is 1.69 bits per heavy atom. The van der Waals surface area contributed by atoms with Gasteiger partial charge >= 0.3 is 5.97 Å². The van der Waals surface area contributed by atoms with Crippen LogP contribution in [0.2, 0.25) is 0 Å². The zero-order valence-corrected chi connectivity index (χ0v) is 7.62.